The zero-order chi connectivity index (χ0) is 17.6. The summed E-state index contributed by atoms with van der Waals surface area (Å²) in [7, 11) is 2.88. The van der Waals surface area contributed by atoms with E-state index in [1.165, 1.54) is 14.2 Å². The number of hydrogen-bond donors (Lipinski definition) is 1. The summed E-state index contributed by atoms with van der Waals surface area (Å²) in [6, 6.07) is 0.817. The maximum Gasteiger partial charge on any atom is 0.306 e. The first-order chi connectivity index (χ1) is 10.8. The zero-order valence-corrected chi connectivity index (χ0v) is 13.8. The molecule has 1 atom stereocenters. The fraction of sp³-hybridized carbons (Fsp3) is 0.538. The van der Waals surface area contributed by atoms with Crippen molar-refractivity contribution >= 4 is 28.7 Å². The lowest BCUT2D eigenvalue weighted by Gasteiger charge is -2.16. The highest BCUT2D eigenvalue weighted by molar-refractivity contribution is 6.32. The van der Waals surface area contributed by atoms with E-state index in [1.54, 1.807) is 6.92 Å². The van der Waals surface area contributed by atoms with E-state index in [1.807, 2.05) is 0 Å². The summed E-state index contributed by atoms with van der Waals surface area (Å²) >= 11 is 5.96. The Hall–Kier alpha value is -1.97. The highest BCUT2D eigenvalue weighted by atomic mass is 35.5. The number of nitro benzene ring substituents is 2. The molecule has 128 valence electrons. The number of rotatable bonds is 9. The zero-order valence-electron chi connectivity index (χ0n) is 13.0. The van der Waals surface area contributed by atoms with Crippen molar-refractivity contribution < 1.29 is 19.3 Å². The summed E-state index contributed by atoms with van der Waals surface area (Å²) in [5, 5.41) is 25.4. The number of nitrogens with one attached hydrogen (secondary N) is 1. The SMILES string of the molecule is COCCC(C)Nc1c([N+](=O)[O-])cc(Cl)c(COC)c1[N+](=O)[O-]. The van der Waals surface area contributed by atoms with Gasteiger partial charge in [-0.2, -0.15) is 0 Å². The number of hydrogen-bond acceptors (Lipinski definition) is 7. The van der Waals surface area contributed by atoms with Crippen LogP contribution in [0, 0.1) is 20.2 Å². The van der Waals surface area contributed by atoms with Gasteiger partial charge < -0.3 is 14.8 Å². The van der Waals surface area contributed by atoms with Crippen LogP contribution in [-0.2, 0) is 16.1 Å². The molecular formula is C13H18ClN3O6. The van der Waals surface area contributed by atoms with Crippen molar-refractivity contribution in [1.82, 2.24) is 0 Å². The van der Waals surface area contributed by atoms with Crippen LogP contribution < -0.4 is 5.32 Å². The second-order valence-electron chi connectivity index (χ2n) is 4.85. The molecule has 0 saturated carbocycles. The summed E-state index contributed by atoms with van der Waals surface area (Å²) in [6.07, 6.45) is 0.521. The summed E-state index contributed by atoms with van der Waals surface area (Å²) in [6.45, 7) is 2.03. The lowest BCUT2D eigenvalue weighted by molar-refractivity contribution is -0.393. The molecule has 1 rings (SSSR count). The van der Waals surface area contributed by atoms with Crippen molar-refractivity contribution in [2.75, 3.05) is 26.1 Å². The van der Waals surface area contributed by atoms with E-state index in [9.17, 15) is 20.2 Å². The van der Waals surface area contributed by atoms with Crippen molar-refractivity contribution in [3.8, 4) is 0 Å². The molecule has 0 fully saturated rings. The Labute approximate surface area is 137 Å². The molecule has 1 unspecified atom stereocenters. The van der Waals surface area contributed by atoms with Gasteiger partial charge in [-0.25, -0.2) is 0 Å². The van der Waals surface area contributed by atoms with Crippen molar-refractivity contribution in [2.24, 2.45) is 0 Å². The number of nitro groups is 2. The molecule has 0 aromatic heterocycles. The molecule has 0 amide bonds. The number of nitrogens with zero attached hydrogens (tertiary/aromatic N) is 2. The summed E-state index contributed by atoms with van der Waals surface area (Å²) in [5.41, 5.74) is -0.993. The Bertz CT molecular complexity index is 596. The lowest BCUT2D eigenvalue weighted by Crippen LogP contribution is -2.19. The van der Waals surface area contributed by atoms with E-state index in [4.69, 9.17) is 21.1 Å². The molecule has 0 heterocycles. The highest BCUT2D eigenvalue weighted by Crippen LogP contribution is 2.42. The maximum atomic E-state index is 11.4. The van der Waals surface area contributed by atoms with Crippen LogP contribution in [0.3, 0.4) is 0 Å². The van der Waals surface area contributed by atoms with Crippen LogP contribution in [0.15, 0.2) is 6.07 Å². The second-order valence-corrected chi connectivity index (χ2v) is 5.26. The third kappa shape index (κ3) is 4.75. The lowest BCUT2D eigenvalue weighted by atomic mass is 10.1. The number of halogens is 1. The Morgan fingerprint density at radius 3 is 2.39 bits per heavy atom. The number of methoxy groups -OCH3 is 2. The molecule has 0 aliphatic heterocycles. The molecule has 0 spiro atoms. The van der Waals surface area contributed by atoms with Gasteiger partial charge >= 0.3 is 11.4 Å². The predicted octanol–water partition coefficient (Wildman–Crippen LogP) is 3.14. The molecular weight excluding hydrogens is 330 g/mol. The normalized spacial score (nSPS) is 12.0. The van der Waals surface area contributed by atoms with Crippen molar-refractivity contribution in [3.63, 3.8) is 0 Å². The van der Waals surface area contributed by atoms with Crippen LogP contribution in [0.1, 0.15) is 18.9 Å². The Morgan fingerprint density at radius 2 is 1.91 bits per heavy atom. The van der Waals surface area contributed by atoms with Gasteiger partial charge in [-0.1, -0.05) is 11.6 Å². The molecule has 0 aliphatic rings. The fourth-order valence-electron chi connectivity index (χ4n) is 2.05. The average Bonchev–Trinajstić information content (AvgIpc) is 2.47. The van der Waals surface area contributed by atoms with Gasteiger partial charge in [0.15, 0.2) is 5.69 Å². The van der Waals surface area contributed by atoms with Crippen LogP contribution in [0.2, 0.25) is 5.02 Å². The summed E-state index contributed by atoms with van der Waals surface area (Å²) < 4.78 is 9.86. The summed E-state index contributed by atoms with van der Waals surface area (Å²) in [5.74, 6) is 0. The number of ether oxygens (including phenoxy) is 2. The minimum Gasteiger partial charge on any atom is -0.385 e. The molecule has 0 aliphatic carbocycles. The van der Waals surface area contributed by atoms with E-state index in [2.05, 4.69) is 5.32 Å². The van der Waals surface area contributed by atoms with Gasteiger partial charge in [-0.05, 0) is 13.3 Å². The van der Waals surface area contributed by atoms with E-state index in [-0.39, 0.29) is 28.9 Å². The maximum absolute atomic E-state index is 11.4. The predicted molar refractivity (Wildman–Crippen MR) is 85.1 cm³/mol. The van der Waals surface area contributed by atoms with E-state index >= 15 is 0 Å². The van der Waals surface area contributed by atoms with Gasteiger partial charge in [0, 0.05) is 32.9 Å². The Balaban J connectivity index is 3.45. The monoisotopic (exact) mass is 347 g/mol. The quantitative estimate of drug-likeness (QED) is 0.538. The minimum absolute atomic E-state index is 0.0830. The first-order valence-corrected chi connectivity index (χ1v) is 7.09. The largest absolute Gasteiger partial charge is 0.385 e. The fourth-order valence-corrected chi connectivity index (χ4v) is 2.29. The van der Waals surface area contributed by atoms with Crippen LogP contribution in [-0.4, -0.2) is 36.7 Å². The molecule has 0 bridgehead atoms. The van der Waals surface area contributed by atoms with Gasteiger partial charge in [0.2, 0.25) is 0 Å². The molecule has 23 heavy (non-hydrogen) atoms. The average molecular weight is 348 g/mol. The third-order valence-electron chi connectivity index (χ3n) is 3.14. The van der Waals surface area contributed by atoms with Gasteiger partial charge in [0.05, 0.1) is 27.0 Å². The molecule has 1 N–H and O–H groups in total. The number of benzene rings is 1. The van der Waals surface area contributed by atoms with Crippen molar-refractivity contribution in [1.29, 1.82) is 0 Å². The smallest absolute Gasteiger partial charge is 0.306 e. The topological polar surface area (TPSA) is 117 Å². The van der Waals surface area contributed by atoms with Gasteiger partial charge in [-0.15, -0.1) is 0 Å². The third-order valence-corrected chi connectivity index (χ3v) is 3.48. The van der Waals surface area contributed by atoms with Crippen LogP contribution in [0.4, 0.5) is 17.1 Å². The van der Waals surface area contributed by atoms with Gasteiger partial charge in [0.1, 0.15) is 0 Å². The molecule has 1 aromatic rings. The molecule has 9 nitrogen and oxygen atoms in total. The number of anilines is 1. The Kier molecular flexibility index (Phi) is 7.14. The van der Waals surface area contributed by atoms with Crippen LogP contribution in [0.25, 0.3) is 0 Å². The first kappa shape index (κ1) is 19.1. The van der Waals surface area contributed by atoms with Gasteiger partial charge in [-0.3, -0.25) is 20.2 Å². The highest BCUT2D eigenvalue weighted by Gasteiger charge is 2.32. The first-order valence-electron chi connectivity index (χ1n) is 6.72. The van der Waals surface area contributed by atoms with Crippen molar-refractivity contribution in [2.45, 2.75) is 26.0 Å². The van der Waals surface area contributed by atoms with E-state index < -0.39 is 21.2 Å². The molecule has 1 aromatic carbocycles. The molecule has 0 saturated heterocycles. The van der Waals surface area contributed by atoms with E-state index in [0.29, 0.717) is 13.0 Å². The van der Waals surface area contributed by atoms with Gasteiger partial charge in [0.25, 0.3) is 0 Å². The van der Waals surface area contributed by atoms with Crippen LogP contribution in [0.5, 0.6) is 0 Å². The van der Waals surface area contributed by atoms with Crippen molar-refractivity contribution in [3.05, 3.63) is 36.9 Å². The Morgan fingerprint density at radius 1 is 1.26 bits per heavy atom. The summed E-state index contributed by atoms with van der Waals surface area (Å²) in [4.78, 5) is 21.3. The second kappa shape index (κ2) is 8.61. The molecule has 0 radical (unpaired) electrons. The standard InChI is InChI=1S/C13H18ClN3O6/c1-8(4-5-22-2)15-12-11(16(18)19)6-10(14)9(7-23-3)13(12)17(20)21/h6,8,15H,4-5,7H2,1-3H3. The van der Waals surface area contributed by atoms with E-state index in [0.717, 1.165) is 6.07 Å². The van der Waals surface area contributed by atoms with Crippen LogP contribution >= 0.6 is 11.6 Å². The minimum atomic E-state index is -0.708. The molecule has 10 heteroatoms.